The minimum Gasteiger partial charge on any atom is -0.493 e. The Morgan fingerprint density at radius 3 is 2.53 bits per heavy atom. The highest BCUT2D eigenvalue weighted by atomic mass is 35.5. The number of halogens is 2. The van der Waals surface area contributed by atoms with Gasteiger partial charge in [-0.15, -0.1) is 0 Å². The molecular formula is C15H14Cl2O2. The Balaban J connectivity index is 2.06. The molecule has 1 N–H and O–H groups in total. The fourth-order valence-electron chi connectivity index (χ4n) is 1.80. The maximum absolute atomic E-state index is 9.47. The Labute approximate surface area is 122 Å². The van der Waals surface area contributed by atoms with E-state index in [4.69, 9.17) is 27.9 Å². The maximum Gasteiger partial charge on any atom is 0.120 e. The average Bonchev–Trinajstić information content (AvgIpc) is 2.41. The van der Waals surface area contributed by atoms with E-state index in [0.29, 0.717) is 22.4 Å². The molecule has 0 aliphatic heterocycles. The quantitative estimate of drug-likeness (QED) is 0.898. The van der Waals surface area contributed by atoms with E-state index >= 15 is 0 Å². The van der Waals surface area contributed by atoms with Crippen molar-refractivity contribution in [2.45, 2.75) is 5.92 Å². The van der Waals surface area contributed by atoms with Crippen LogP contribution in [0.3, 0.4) is 0 Å². The van der Waals surface area contributed by atoms with Crippen molar-refractivity contribution < 1.29 is 9.84 Å². The summed E-state index contributed by atoms with van der Waals surface area (Å²) in [6, 6.07) is 14.6. The van der Waals surface area contributed by atoms with Crippen LogP contribution in [-0.2, 0) is 0 Å². The van der Waals surface area contributed by atoms with E-state index < -0.39 is 0 Å². The van der Waals surface area contributed by atoms with Gasteiger partial charge in [0.25, 0.3) is 0 Å². The second kappa shape index (κ2) is 6.80. The van der Waals surface area contributed by atoms with Gasteiger partial charge >= 0.3 is 0 Å². The molecule has 2 aromatic carbocycles. The van der Waals surface area contributed by atoms with Gasteiger partial charge in [-0.2, -0.15) is 0 Å². The van der Waals surface area contributed by atoms with E-state index in [1.807, 2.05) is 30.3 Å². The molecule has 4 heteroatoms. The highest BCUT2D eigenvalue weighted by Crippen LogP contribution is 2.25. The monoisotopic (exact) mass is 296 g/mol. The molecule has 0 saturated carbocycles. The van der Waals surface area contributed by atoms with Crippen molar-refractivity contribution in [3.8, 4) is 5.75 Å². The zero-order chi connectivity index (χ0) is 13.7. The third-order valence-electron chi connectivity index (χ3n) is 2.81. The predicted molar refractivity (Wildman–Crippen MR) is 78.2 cm³/mol. The van der Waals surface area contributed by atoms with Crippen molar-refractivity contribution in [3.05, 3.63) is 64.1 Å². The third kappa shape index (κ3) is 3.87. The van der Waals surface area contributed by atoms with Crippen LogP contribution >= 0.6 is 23.2 Å². The van der Waals surface area contributed by atoms with Crippen molar-refractivity contribution in [1.82, 2.24) is 0 Å². The van der Waals surface area contributed by atoms with E-state index in [2.05, 4.69) is 0 Å². The molecule has 0 saturated heterocycles. The molecule has 0 aliphatic carbocycles. The lowest BCUT2D eigenvalue weighted by molar-refractivity contribution is 0.205. The molecule has 2 nitrogen and oxygen atoms in total. The van der Waals surface area contributed by atoms with E-state index in [-0.39, 0.29) is 12.5 Å². The minimum absolute atomic E-state index is 0.0235. The van der Waals surface area contributed by atoms with Crippen LogP contribution in [0, 0.1) is 0 Å². The highest BCUT2D eigenvalue weighted by molar-refractivity contribution is 6.31. The van der Waals surface area contributed by atoms with Gasteiger partial charge in [0.1, 0.15) is 5.75 Å². The molecule has 0 fully saturated rings. The Morgan fingerprint density at radius 1 is 1.05 bits per heavy atom. The van der Waals surface area contributed by atoms with Gasteiger partial charge < -0.3 is 9.84 Å². The second-order valence-corrected chi connectivity index (χ2v) is 5.01. The summed E-state index contributed by atoms with van der Waals surface area (Å²) in [7, 11) is 0. The maximum atomic E-state index is 9.47. The third-order valence-corrected chi connectivity index (χ3v) is 3.39. The molecule has 1 unspecified atom stereocenters. The summed E-state index contributed by atoms with van der Waals surface area (Å²) in [5.41, 5.74) is 0.883. The van der Waals surface area contributed by atoms with Crippen LogP contribution < -0.4 is 4.74 Å². The van der Waals surface area contributed by atoms with Gasteiger partial charge in [0.05, 0.1) is 13.2 Å². The summed E-state index contributed by atoms with van der Waals surface area (Å²) in [5.74, 6) is 0.519. The summed E-state index contributed by atoms with van der Waals surface area (Å²) in [6.45, 7) is 0.324. The lowest BCUT2D eigenvalue weighted by Gasteiger charge is -2.17. The van der Waals surface area contributed by atoms with Gasteiger partial charge in [0.15, 0.2) is 0 Å². The SMILES string of the molecule is OCC(COc1cccc(Cl)c1)c1ccccc1Cl. The van der Waals surface area contributed by atoms with Gasteiger partial charge in [-0.3, -0.25) is 0 Å². The van der Waals surface area contributed by atoms with Crippen molar-refractivity contribution >= 4 is 23.2 Å². The van der Waals surface area contributed by atoms with Gasteiger partial charge in [-0.1, -0.05) is 47.5 Å². The molecule has 0 spiro atoms. The molecule has 0 bridgehead atoms. The first-order chi connectivity index (χ1) is 9.20. The summed E-state index contributed by atoms with van der Waals surface area (Å²) in [4.78, 5) is 0. The molecular weight excluding hydrogens is 283 g/mol. The number of ether oxygens (including phenoxy) is 1. The lowest BCUT2D eigenvalue weighted by atomic mass is 10.0. The van der Waals surface area contributed by atoms with Crippen molar-refractivity contribution in [1.29, 1.82) is 0 Å². The van der Waals surface area contributed by atoms with Crippen molar-refractivity contribution in [2.24, 2.45) is 0 Å². The van der Waals surface area contributed by atoms with Crippen LogP contribution in [0.15, 0.2) is 48.5 Å². The first kappa shape index (κ1) is 14.2. The molecule has 0 amide bonds. The number of hydrogen-bond acceptors (Lipinski definition) is 2. The van der Waals surface area contributed by atoms with Crippen LogP contribution in [0.2, 0.25) is 10.0 Å². The summed E-state index contributed by atoms with van der Waals surface area (Å²) in [5, 5.41) is 10.7. The van der Waals surface area contributed by atoms with E-state index in [0.717, 1.165) is 5.56 Å². The number of aliphatic hydroxyl groups is 1. The second-order valence-electron chi connectivity index (χ2n) is 4.17. The first-order valence-electron chi connectivity index (χ1n) is 5.94. The smallest absolute Gasteiger partial charge is 0.120 e. The zero-order valence-corrected chi connectivity index (χ0v) is 11.7. The van der Waals surface area contributed by atoms with Crippen LogP contribution in [0.4, 0.5) is 0 Å². The van der Waals surface area contributed by atoms with E-state index in [9.17, 15) is 5.11 Å². The molecule has 1 atom stereocenters. The highest BCUT2D eigenvalue weighted by Gasteiger charge is 2.14. The van der Waals surface area contributed by atoms with Crippen LogP contribution in [0.1, 0.15) is 11.5 Å². The summed E-state index contributed by atoms with van der Waals surface area (Å²) in [6.07, 6.45) is 0. The fraction of sp³-hybridized carbons (Fsp3) is 0.200. The number of rotatable bonds is 5. The van der Waals surface area contributed by atoms with Crippen LogP contribution in [0.25, 0.3) is 0 Å². The number of hydrogen-bond donors (Lipinski definition) is 1. The van der Waals surface area contributed by atoms with Crippen LogP contribution in [0.5, 0.6) is 5.75 Å². The van der Waals surface area contributed by atoms with Gasteiger partial charge in [0, 0.05) is 16.0 Å². The molecule has 100 valence electrons. The van der Waals surface area contributed by atoms with Gasteiger partial charge in [0.2, 0.25) is 0 Å². The molecule has 2 aromatic rings. The predicted octanol–water partition coefficient (Wildman–Crippen LogP) is 4.15. The summed E-state index contributed by atoms with van der Waals surface area (Å²) >= 11 is 12.0. The largest absolute Gasteiger partial charge is 0.493 e. The molecule has 0 aliphatic rings. The zero-order valence-electron chi connectivity index (χ0n) is 10.2. The fourth-order valence-corrected chi connectivity index (χ4v) is 2.27. The van der Waals surface area contributed by atoms with E-state index in [1.54, 1.807) is 18.2 Å². The average molecular weight is 297 g/mol. The molecule has 2 rings (SSSR count). The minimum atomic E-state index is -0.160. The normalized spacial score (nSPS) is 12.2. The van der Waals surface area contributed by atoms with Crippen LogP contribution in [-0.4, -0.2) is 18.3 Å². The van der Waals surface area contributed by atoms with Crippen molar-refractivity contribution in [2.75, 3.05) is 13.2 Å². The topological polar surface area (TPSA) is 29.5 Å². The summed E-state index contributed by atoms with van der Waals surface area (Å²) < 4.78 is 5.65. The Morgan fingerprint density at radius 2 is 1.84 bits per heavy atom. The van der Waals surface area contributed by atoms with E-state index in [1.165, 1.54) is 0 Å². The van der Waals surface area contributed by atoms with Gasteiger partial charge in [-0.05, 0) is 29.8 Å². The number of benzene rings is 2. The Bertz CT molecular complexity index is 543. The first-order valence-corrected chi connectivity index (χ1v) is 6.70. The van der Waals surface area contributed by atoms with Crippen molar-refractivity contribution in [3.63, 3.8) is 0 Å². The Kier molecular flexibility index (Phi) is 5.08. The standard InChI is InChI=1S/C15H14Cl2O2/c16-12-4-3-5-13(8-12)19-10-11(9-18)14-6-1-2-7-15(14)17/h1-8,11,18H,9-10H2. The molecule has 0 aromatic heterocycles. The molecule has 0 heterocycles. The molecule has 19 heavy (non-hydrogen) atoms. The Hall–Kier alpha value is -1.22. The van der Waals surface area contributed by atoms with Gasteiger partial charge in [-0.25, -0.2) is 0 Å². The molecule has 0 radical (unpaired) electrons. The lowest BCUT2D eigenvalue weighted by Crippen LogP contribution is -2.14. The number of aliphatic hydroxyl groups excluding tert-OH is 1.